The predicted molar refractivity (Wildman–Crippen MR) is 127 cm³/mol. The van der Waals surface area contributed by atoms with Gasteiger partial charge < -0.3 is 19.5 Å². The van der Waals surface area contributed by atoms with Crippen LogP contribution in [0.3, 0.4) is 0 Å². The Morgan fingerprint density at radius 3 is 2.24 bits per heavy atom. The molecule has 0 saturated carbocycles. The van der Waals surface area contributed by atoms with E-state index in [9.17, 15) is 9.59 Å². The van der Waals surface area contributed by atoms with E-state index in [1.165, 1.54) is 11.2 Å². The van der Waals surface area contributed by atoms with Crippen LogP contribution in [0.1, 0.15) is 11.3 Å². The normalized spacial score (nSPS) is 17.2. The van der Waals surface area contributed by atoms with Crippen molar-refractivity contribution in [2.75, 3.05) is 43.4 Å². The average Bonchev–Trinajstić information content (AvgIpc) is 3.44. The van der Waals surface area contributed by atoms with Gasteiger partial charge in [-0.15, -0.1) is 0 Å². The maximum absolute atomic E-state index is 13.3. The lowest BCUT2D eigenvalue weighted by Gasteiger charge is -2.34. The first-order chi connectivity index (χ1) is 16.1. The van der Waals surface area contributed by atoms with Crippen LogP contribution >= 0.6 is 0 Å². The molecular weight excluding hydrogens is 416 g/mol. The second-order valence-corrected chi connectivity index (χ2v) is 8.35. The van der Waals surface area contributed by atoms with E-state index >= 15 is 0 Å². The first-order valence-electron chi connectivity index (χ1n) is 11.1. The quantitative estimate of drug-likeness (QED) is 0.590. The second kappa shape index (κ2) is 8.96. The fourth-order valence-corrected chi connectivity index (χ4v) is 4.23. The van der Waals surface area contributed by atoms with E-state index in [1.807, 2.05) is 42.5 Å². The summed E-state index contributed by atoms with van der Waals surface area (Å²) in [5, 5.41) is 3.23. The smallest absolute Gasteiger partial charge is 0.278 e. The number of carbonyl (C=O) groups excluding carboxylic acids is 2. The molecule has 0 aliphatic carbocycles. The number of nitrogens with one attached hydrogen (secondary N) is 1. The van der Waals surface area contributed by atoms with Crippen LogP contribution in [0.5, 0.6) is 0 Å². The number of imide groups is 1. The highest BCUT2D eigenvalue weighted by Gasteiger charge is 2.39. The molecule has 5 rings (SSSR count). The van der Waals surface area contributed by atoms with Gasteiger partial charge in [-0.3, -0.25) is 14.5 Å². The van der Waals surface area contributed by atoms with Gasteiger partial charge in [0.15, 0.2) is 0 Å². The minimum absolute atomic E-state index is 0.0918. The van der Waals surface area contributed by atoms with E-state index in [0.717, 1.165) is 37.6 Å². The molecule has 7 heteroatoms. The standard InChI is InChI=1S/C26H26N4O3/c1-28-13-15-29(16-14-28)21-11-9-20(10-12-21)27-24-23(19-6-3-2-4-7-19)25(31)30(26(24)32)18-22-8-5-17-33-22/h2-12,17,27H,13-16,18H2,1H3. The Morgan fingerprint density at radius 1 is 0.848 bits per heavy atom. The molecule has 1 saturated heterocycles. The lowest BCUT2D eigenvalue weighted by atomic mass is 10.0. The van der Waals surface area contributed by atoms with Gasteiger partial charge in [-0.05, 0) is 49.0 Å². The molecule has 2 amide bonds. The van der Waals surface area contributed by atoms with E-state index in [4.69, 9.17) is 4.42 Å². The maximum atomic E-state index is 13.3. The lowest BCUT2D eigenvalue weighted by Crippen LogP contribution is -2.44. The van der Waals surface area contributed by atoms with Gasteiger partial charge in [0, 0.05) is 37.6 Å². The number of nitrogens with zero attached hydrogens (tertiary/aromatic N) is 3. The van der Waals surface area contributed by atoms with E-state index in [0.29, 0.717) is 16.9 Å². The van der Waals surface area contributed by atoms with E-state index in [-0.39, 0.29) is 24.1 Å². The lowest BCUT2D eigenvalue weighted by molar-refractivity contribution is -0.137. The first kappa shape index (κ1) is 21.0. The summed E-state index contributed by atoms with van der Waals surface area (Å²) in [6, 6.07) is 20.8. The summed E-state index contributed by atoms with van der Waals surface area (Å²) in [7, 11) is 2.14. The Labute approximate surface area is 192 Å². The number of hydrogen-bond donors (Lipinski definition) is 1. The summed E-state index contributed by atoms with van der Waals surface area (Å²) in [4.78, 5) is 32.5. The monoisotopic (exact) mass is 442 g/mol. The summed E-state index contributed by atoms with van der Waals surface area (Å²) >= 11 is 0. The van der Waals surface area contributed by atoms with Crippen LogP contribution in [0.15, 0.2) is 83.1 Å². The van der Waals surface area contributed by atoms with Crippen molar-refractivity contribution in [3.63, 3.8) is 0 Å². The van der Waals surface area contributed by atoms with Gasteiger partial charge in [0.2, 0.25) is 0 Å². The Bertz CT molecular complexity index is 1160. The van der Waals surface area contributed by atoms with E-state index in [2.05, 4.69) is 34.3 Å². The van der Waals surface area contributed by atoms with Gasteiger partial charge in [0.25, 0.3) is 11.8 Å². The summed E-state index contributed by atoms with van der Waals surface area (Å²) in [5.74, 6) is -0.139. The highest BCUT2D eigenvalue weighted by molar-refractivity contribution is 6.36. The van der Waals surface area contributed by atoms with Crippen LogP contribution in [0.4, 0.5) is 11.4 Å². The van der Waals surface area contributed by atoms with Crippen molar-refractivity contribution in [2.24, 2.45) is 0 Å². The zero-order valence-electron chi connectivity index (χ0n) is 18.5. The zero-order chi connectivity index (χ0) is 22.8. The highest BCUT2D eigenvalue weighted by Crippen LogP contribution is 2.32. The van der Waals surface area contributed by atoms with Crippen LogP contribution in [0.25, 0.3) is 5.57 Å². The number of likely N-dealkylation sites (N-methyl/N-ethyl adjacent to an activating group) is 1. The highest BCUT2D eigenvalue weighted by atomic mass is 16.3. The molecule has 0 bridgehead atoms. The summed E-state index contributed by atoms with van der Waals surface area (Å²) in [6.07, 6.45) is 1.53. The van der Waals surface area contributed by atoms with E-state index < -0.39 is 0 Å². The van der Waals surface area contributed by atoms with Crippen molar-refractivity contribution in [2.45, 2.75) is 6.54 Å². The van der Waals surface area contributed by atoms with Gasteiger partial charge >= 0.3 is 0 Å². The molecule has 0 unspecified atom stereocenters. The third-order valence-corrected chi connectivity index (χ3v) is 6.13. The molecule has 7 nitrogen and oxygen atoms in total. The van der Waals surface area contributed by atoms with Crippen LogP contribution < -0.4 is 10.2 Å². The molecule has 0 atom stereocenters. The summed E-state index contributed by atoms with van der Waals surface area (Å²) in [5.41, 5.74) is 3.27. The molecule has 2 aromatic carbocycles. The molecule has 3 heterocycles. The second-order valence-electron chi connectivity index (χ2n) is 8.35. The van der Waals surface area contributed by atoms with Gasteiger partial charge in [0.05, 0.1) is 18.4 Å². The van der Waals surface area contributed by atoms with Gasteiger partial charge in [0.1, 0.15) is 11.5 Å². The number of furan rings is 1. The Balaban J connectivity index is 1.41. The third kappa shape index (κ3) is 4.27. The first-order valence-corrected chi connectivity index (χ1v) is 11.1. The number of amides is 2. The number of benzene rings is 2. The maximum Gasteiger partial charge on any atom is 0.278 e. The molecular formula is C26H26N4O3. The number of rotatable bonds is 6. The molecule has 1 N–H and O–H groups in total. The van der Waals surface area contributed by atoms with Crippen molar-refractivity contribution >= 4 is 28.8 Å². The fourth-order valence-electron chi connectivity index (χ4n) is 4.23. The largest absolute Gasteiger partial charge is 0.467 e. The van der Waals surface area contributed by atoms with Crippen LogP contribution in [-0.2, 0) is 16.1 Å². The van der Waals surface area contributed by atoms with Crippen LogP contribution in [0.2, 0.25) is 0 Å². The Kier molecular flexibility index (Phi) is 5.71. The molecule has 2 aliphatic rings. The topological polar surface area (TPSA) is 69.0 Å². The molecule has 2 aliphatic heterocycles. The minimum Gasteiger partial charge on any atom is -0.467 e. The number of hydrogen-bond acceptors (Lipinski definition) is 6. The van der Waals surface area contributed by atoms with Gasteiger partial charge in [-0.2, -0.15) is 0 Å². The van der Waals surface area contributed by atoms with Crippen molar-refractivity contribution < 1.29 is 14.0 Å². The number of anilines is 2. The Hall–Kier alpha value is -3.84. The molecule has 1 fully saturated rings. The Morgan fingerprint density at radius 2 is 1.58 bits per heavy atom. The van der Waals surface area contributed by atoms with Crippen LogP contribution in [-0.4, -0.2) is 54.8 Å². The SMILES string of the molecule is CN1CCN(c2ccc(NC3=C(c4ccccc4)C(=O)N(Cc4ccco4)C3=O)cc2)CC1. The molecule has 3 aromatic rings. The van der Waals surface area contributed by atoms with Crippen molar-refractivity contribution in [3.05, 3.63) is 90.0 Å². The summed E-state index contributed by atoms with van der Waals surface area (Å²) in [6.45, 7) is 4.14. The minimum atomic E-state index is -0.363. The molecule has 0 radical (unpaired) electrons. The van der Waals surface area contributed by atoms with Crippen molar-refractivity contribution in [3.8, 4) is 0 Å². The summed E-state index contributed by atoms with van der Waals surface area (Å²) < 4.78 is 5.37. The van der Waals surface area contributed by atoms with E-state index in [1.54, 1.807) is 12.1 Å². The van der Waals surface area contributed by atoms with Crippen molar-refractivity contribution in [1.82, 2.24) is 9.80 Å². The fraction of sp³-hybridized carbons (Fsp3) is 0.231. The van der Waals surface area contributed by atoms with Gasteiger partial charge in [-0.1, -0.05) is 30.3 Å². The predicted octanol–water partition coefficient (Wildman–Crippen LogP) is 3.42. The average molecular weight is 443 g/mol. The third-order valence-electron chi connectivity index (χ3n) is 6.13. The van der Waals surface area contributed by atoms with Crippen molar-refractivity contribution in [1.29, 1.82) is 0 Å². The van der Waals surface area contributed by atoms with Gasteiger partial charge in [-0.25, -0.2) is 0 Å². The van der Waals surface area contributed by atoms with Crippen LogP contribution in [0, 0.1) is 0 Å². The zero-order valence-corrected chi connectivity index (χ0v) is 18.5. The molecule has 0 spiro atoms. The molecule has 33 heavy (non-hydrogen) atoms. The molecule has 168 valence electrons. The number of carbonyl (C=O) groups is 2. The molecule has 1 aromatic heterocycles. The number of piperazine rings is 1.